The lowest BCUT2D eigenvalue weighted by Gasteiger charge is -2.22. The summed E-state index contributed by atoms with van der Waals surface area (Å²) in [4.78, 5) is 27.2. The van der Waals surface area contributed by atoms with Gasteiger partial charge >= 0.3 is 11.7 Å². The minimum atomic E-state index is -1.42. The number of methoxy groups -OCH3 is 1. The average Bonchev–Trinajstić information content (AvgIpc) is 2.84. The van der Waals surface area contributed by atoms with Crippen LogP contribution >= 0.6 is 0 Å². The van der Waals surface area contributed by atoms with Gasteiger partial charge in [0.05, 0.1) is 13.0 Å². The Labute approximate surface area is 131 Å². The molecule has 1 fully saturated rings. The van der Waals surface area contributed by atoms with Crippen LogP contribution in [0.15, 0.2) is 17.1 Å². The van der Waals surface area contributed by atoms with Crippen LogP contribution in [-0.4, -0.2) is 56.4 Å². The summed E-state index contributed by atoms with van der Waals surface area (Å²) in [5, 5.41) is 29.0. The Bertz CT molecular complexity index is 620. The third-order valence-electron chi connectivity index (χ3n) is 3.83. The summed E-state index contributed by atoms with van der Waals surface area (Å²) in [6.07, 6.45) is -3.45. The fraction of sp³-hybridized carbons (Fsp3) is 0.615. The van der Waals surface area contributed by atoms with E-state index in [1.807, 2.05) is 0 Å². The van der Waals surface area contributed by atoms with Gasteiger partial charge in [0.2, 0.25) is 0 Å². The zero-order chi connectivity index (χ0) is 17.1. The zero-order valence-corrected chi connectivity index (χ0v) is 12.6. The van der Waals surface area contributed by atoms with Crippen LogP contribution in [-0.2, 0) is 14.3 Å². The Morgan fingerprint density at radius 1 is 1.52 bits per heavy atom. The van der Waals surface area contributed by atoms with E-state index >= 15 is 0 Å². The Kier molecular flexibility index (Phi) is 5.31. The van der Waals surface area contributed by atoms with Crippen molar-refractivity contribution in [3.8, 4) is 0 Å². The van der Waals surface area contributed by atoms with Crippen molar-refractivity contribution in [1.29, 1.82) is 0 Å². The first-order chi connectivity index (χ1) is 10.9. The normalized spacial score (nSPS) is 28.4. The Hall–Kier alpha value is -2.01. The van der Waals surface area contributed by atoms with E-state index in [-0.39, 0.29) is 5.82 Å². The van der Waals surface area contributed by atoms with Crippen molar-refractivity contribution in [1.82, 2.24) is 9.55 Å². The fourth-order valence-corrected chi connectivity index (χ4v) is 2.60. The van der Waals surface area contributed by atoms with Crippen LogP contribution in [0.4, 0.5) is 5.82 Å². The van der Waals surface area contributed by atoms with Gasteiger partial charge in [-0.25, -0.2) is 4.79 Å². The van der Waals surface area contributed by atoms with Crippen LogP contribution in [0.25, 0.3) is 0 Å². The maximum Gasteiger partial charge on any atom is 0.351 e. The lowest BCUT2D eigenvalue weighted by molar-refractivity contribution is -0.154. The van der Waals surface area contributed by atoms with Gasteiger partial charge in [0.15, 0.2) is 12.0 Å². The maximum absolute atomic E-state index is 11.9. The van der Waals surface area contributed by atoms with Crippen LogP contribution in [0, 0.1) is 5.92 Å². The molecule has 0 radical (unpaired) electrons. The smallest absolute Gasteiger partial charge is 0.351 e. The minimum Gasteiger partial charge on any atom is -0.469 e. The van der Waals surface area contributed by atoms with E-state index in [0.29, 0.717) is 6.42 Å². The first kappa shape index (κ1) is 17.3. The molecule has 1 aromatic rings. The summed E-state index contributed by atoms with van der Waals surface area (Å²) in [7, 11) is 1.22. The summed E-state index contributed by atoms with van der Waals surface area (Å²) in [6.45, 7) is 1.72. The van der Waals surface area contributed by atoms with Gasteiger partial charge in [-0.2, -0.15) is 4.98 Å². The van der Waals surface area contributed by atoms with E-state index in [9.17, 15) is 19.8 Å². The molecule has 10 nitrogen and oxygen atoms in total. The number of hydrogen-bond donors (Lipinski definition) is 4. The number of nitrogens with one attached hydrogen (secondary N) is 1. The Morgan fingerprint density at radius 3 is 2.74 bits per heavy atom. The molecule has 1 unspecified atom stereocenters. The quantitative estimate of drug-likeness (QED) is 0.389. The number of hydrogen-bond acceptors (Lipinski definition) is 9. The number of aliphatic hydroxyl groups is 2. The number of anilines is 1. The number of carbonyl (C=O) groups excluding carboxylic acids is 1. The largest absolute Gasteiger partial charge is 0.469 e. The molecular formula is C13H19N3O7. The second-order valence-electron chi connectivity index (χ2n) is 5.12. The van der Waals surface area contributed by atoms with E-state index in [2.05, 4.69) is 9.72 Å². The lowest BCUT2D eigenvalue weighted by Crippen LogP contribution is -2.39. The highest BCUT2D eigenvalue weighted by atomic mass is 16.6. The molecule has 1 aliphatic rings. The highest BCUT2D eigenvalue weighted by molar-refractivity contribution is 5.73. The van der Waals surface area contributed by atoms with Crippen molar-refractivity contribution in [2.45, 2.75) is 37.9 Å². The summed E-state index contributed by atoms with van der Waals surface area (Å²) in [5.74, 6) is -1.43. The monoisotopic (exact) mass is 329 g/mol. The molecule has 23 heavy (non-hydrogen) atoms. The molecule has 0 aromatic carbocycles. The molecule has 4 N–H and O–H groups in total. The SMILES string of the molecule is CCC(C(=O)OC)[C@H]1O[C@@H](n2ccc(NO)nc2=O)[C@H](O)[C@@H]1O. The van der Waals surface area contributed by atoms with E-state index in [0.717, 1.165) is 4.57 Å². The molecule has 1 saturated heterocycles. The molecular weight excluding hydrogens is 310 g/mol. The second kappa shape index (κ2) is 7.04. The standard InChI is InChI=1S/C13H19N3O7/c1-3-6(12(19)22-2)10-8(17)9(18)11(23-10)16-5-4-7(15-21)14-13(16)20/h4-6,8-11,17-18,21H,3H2,1-2H3,(H,14,15,20)/t6?,8-,9+,10+,11+/m0/s1. The topological polar surface area (TPSA) is 143 Å². The Balaban J connectivity index is 2.29. The van der Waals surface area contributed by atoms with E-state index in [1.54, 1.807) is 12.4 Å². The van der Waals surface area contributed by atoms with E-state index < -0.39 is 42.1 Å². The van der Waals surface area contributed by atoms with Crippen molar-refractivity contribution < 1.29 is 29.7 Å². The van der Waals surface area contributed by atoms with Crippen molar-refractivity contribution >= 4 is 11.8 Å². The van der Waals surface area contributed by atoms with Crippen LogP contribution in [0.3, 0.4) is 0 Å². The zero-order valence-electron chi connectivity index (χ0n) is 12.6. The van der Waals surface area contributed by atoms with Crippen molar-refractivity contribution in [3.63, 3.8) is 0 Å². The minimum absolute atomic E-state index is 0.0724. The first-order valence-corrected chi connectivity index (χ1v) is 7.03. The van der Waals surface area contributed by atoms with Gasteiger partial charge in [0.25, 0.3) is 0 Å². The molecule has 10 heteroatoms. The van der Waals surface area contributed by atoms with Gasteiger partial charge in [0, 0.05) is 6.20 Å². The summed E-state index contributed by atoms with van der Waals surface area (Å²) >= 11 is 0. The van der Waals surface area contributed by atoms with Gasteiger partial charge < -0.3 is 19.7 Å². The number of esters is 1. The van der Waals surface area contributed by atoms with Gasteiger partial charge in [-0.05, 0) is 12.5 Å². The molecule has 0 spiro atoms. The van der Waals surface area contributed by atoms with E-state index in [4.69, 9.17) is 9.94 Å². The molecule has 2 rings (SSSR count). The summed E-state index contributed by atoms with van der Waals surface area (Å²) < 4.78 is 11.2. The molecule has 1 aliphatic heterocycles. The molecule has 0 bridgehead atoms. The van der Waals surface area contributed by atoms with Crippen LogP contribution in [0.5, 0.6) is 0 Å². The molecule has 0 amide bonds. The van der Waals surface area contributed by atoms with Crippen LogP contribution < -0.4 is 11.2 Å². The molecule has 128 valence electrons. The van der Waals surface area contributed by atoms with Gasteiger partial charge in [-0.1, -0.05) is 6.92 Å². The number of rotatable bonds is 5. The highest BCUT2D eigenvalue weighted by Crippen LogP contribution is 2.34. The first-order valence-electron chi connectivity index (χ1n) is 7.03. The third-order valence-corrected chi connectivity index (χ3v) is 3.83. The number of nitrogens with zero attached hydrogens (tertiary/aromatic N) is 2. The maximum atomic E-state index is 11.9. The predicted molar refractivity (Wildman–Crippen MR) is 75.6 cm³/mol. The van der Waals surface area contributed by atoms with Crippen molar-refractivity contribution in [2.75, 3.05) is 12.6 Å². The number of aliphatic hydroxyl groups excluding tert-OH is 2. The highest BCUT2D eigenvalue weighted by Gasteiger charge is 2.49. The number of aromatic nitrogens is 2. The molecule has 5 atom stereocenters. The van der Waals surface area contributed by atoms with Crippen LogP contribution in [0.2, 0.25) is 0 Å². The van der Waals surface area contributed by atoms with Crippen molar-refractivity contribution in [3.05, 3.63) is 22.7 Å². The summed E-state index contributed by atoms with van der Waals surface area (Å²) in [6, 6.07) is 1.29. The van der Waals surface area contributed by atoms with Crippen molar-refractivity contribution in [2.24, 2.45) is 5.92 Å². The lowest BCUT2D eigenvalue weighted by atomic mass is 9.94. The number of carbonyl (C=O) groups is 1. The predicted octanol–water partition coefficient (Wildman–Crippen LogP) is -1.14. The molecule has 2 heterocycles. The van der Waals surface area contributed by atoms with E-state index in [1.165, 1.54) is 19.4 Å². The van der Waals surface area contributed by atoms with Gasteiger partial charge in [-0.3, -0.25) is 20.0 Å². The average molecular weight is 329 g/mol. The molecule has 1 aromatic heterocycles. The second-order valence-corrected chi connectivity index (χ2v) is 5.12. The fourth-order valence-electron chi connectivity index (χ4n) is 2.60. The van der Waals surface area contributed by atoms with Gasteiger partial charge in [0.1, 0.15) is 18.3 Å². The van der Waals surface area contributed by atoms with Gasteiger partial charge in [-0.15, -0.1) is 0 Å². The Morgan fingerprint density at radius 2 is 2.22 bits per heavy atom. The van der Waals surface area contributed by atoms with Crippen LogP contribution in [0.1, 0.15) is 19.6 Å². The third kappa shape index (κ3) is 3.20. The molecule has 0 aliphatic carbocycles. The number of ether oxygens (including phenoxy) is 2. The summed E-state index contributed by atoms with van der Waals surface area (Å²) in [5.41, 5.74) is 0.927. The molecule has 0 saturated carbocycles.